The van der Waals surface area contributed by atoms with Crippen molar-refractivity contribution in [1.82, 2.24) is 9.80 Å². The summed E-state index contributed by atoms with van der Waals surface area (Å²) in [6, 6.07) is 7.85. The highest BCUT2D eigenvalue weighted by Crippen LogP contribution is 2.41. The highest BCUT2D eigenvalue weighted by atomic mass is 35.5. The number of rotatable bonds is 4. The maximum absolute atomic E-state index is 12.6. The fourth-order valence-corrected chi connectivity index (χ4v) is 4.85. The number of piperidine rings is 1. The number of amides is 1. The van der Waals surface area contributed by atoms with E-state index in [1.807, 2.05) is 29.2 Å². The van der Waals surface area contributed by atoms with Gasteiger partial charge in [0.1, 0.15) is 0 Å². The van der Waals surface area contributed by atoms with Crippen LogP contribution in [0.3, 0.4) is 0 Å². The zero-order valence-corrected chi connectivity index (χ0v) is 16.2. The third-order valence-corrected chi connectivity index (χ3v) is 6.60. The van der Waals surface area contributed by atoms with Crippen molar-refractivity contribution < 1.29 is 9.53 Å². The molecule has 5 heteroatoms. The molecule has 142 valence electrons. The van der Waals surface area contributed by atoms with Gasteiger partial charge in [-0.05, 0) is 68.3 Å². The van der Waals surface area contributed by atoms with E-state index < -0.39 is 0 Å². The summed E-state index contributed by atoms with van der Waals surface area (Å²) in [5.41, 5.74) is 1.35. The Morgan fingerprint density at radius 2 is 1.92 bits per heavy atom. The van der Waals surface area contributed by atoms with E-state index in [2.05, 4.69) is 4.90 Å². The van der Waals surface area contributed by atoms with E-state index in [-0.39, 0.29) is 5.41 Å². The number of ether oxygens (including phenoxy) is 1. The van der Waals surface area contributed by atoms with Crippen LogP contribution in [0.1, 0.15) is 44.1 Å². The number of likely N-dealkylation sites (tertiary alicyclic amines) is 2. The molecule has 3 aliphatic heterocycles. The second kappa shape index (κ2) is 7.87. The van der Waals surface area contributed by atoms with Gasteiger partial charge in [0.15, 0.2) is 0 Å². The van der Waals surface area contributed by atoms with E-state index in [0.29, 0.717) is 25.0 Å². The van der Waals surface area contributed by atoms with Gasteiger partial charge < -0.3 is 14.5 Å². The van der Waals surface area contributed by atoms with Gasteiger partial charge >= 0.3 is 0 Å². The van der Waals surface area contributed by atoms with Crippen LogP contribution >= 0.6 is 11.6 Å². The van der Waals surface area contributed by atoms with Gasteiger partial charge in [-0.15, -0.1) is 0 Å². The number of nitrogens with zero attached hydrogens (tertiary/aromatic N) is 2. The minimum Gasteiger partial charge on any atom is -0.377 e. The van der Waals surface area contributed by atoms with Crippen molar-refractivity contribution in [3.63, 3.8) is 0 Å². The zero-order valence-electron chi connectivity index (χ0n) is 15.5. The lowest BCUT2D eigenvalue weighted by molar-refractivity contribution is -0.128. The fraction of sp³-hybridized carbons (Fsp3) is 0.667. The van der Waals surface area contributed by atoms with Crippen LogP contribution in [0.5, 0.6) is 0 Å². The molecule has 0 aliphatic carbocycles. The molecule has 0 N–H and O–H groups in total. The summed E-state index contributed by atoms with van der Waals surface area (Å²) in [6.45, 7) is 5.80. The van der Waals surface area contributed by atoms with Crippen LogP contribution in [-0.4, -0.2) is 54.6 Å². The lowest BCUT2D eigenvalue weighted by Gasteiger charge is -2.40. The normalized spacial score (nSPS) is 26.6. The van der Waals surface area contributed by atoms with E-state index in [1.54, 1.807) is 0 Å². The van der Waals surface area contributed by atoms with E-state index >= 15 is 0 Å². The summed E-state index contributed by atoms with van der Waals surface area (Å²) in [6.07, 6.45) is 7.11. The topological polar surface area (TPSA) is 32.8 Å². The lowest BCUT2D eigenvalue weighted by Crippen LogP contribution is -2.45. The molecule has 0 aromatic heterocycles. The van der Waals surface area contributed by atoms with Crippen LogP contribution in [0.15, 0.2) is 24.3 Å². The molecule has 0 radical (unpaired) electrons. The van der Waals surface area contributed by atoms with Crippen molar-refractivity contribution in [3.8, 4) is 0 Å². The van der Waals surface area contributed by atoms with E-state index in [0.717, 1.165) is 56.2 Å². The number of halogens is 1. The molecule has 1 spiro atoms. The molecular formula is C21H29ClN2O2. The fourth-order valence-electron chi connectivity index (χ4n) is 4.72. The first-order valence-electron chi connectivity index (χ1n) is 9.98. The number of carbonyl (C=O) groups excluding carboxylic acids is 1. The first-order valence-corrected chi connectivity index (χ1v) is 10.4. The molecule has 1 atom stereocenters. The quantitative estimate of drug-likeness (QED) is 0.802. The Hall–Kier alpha value is -1.10. The van der Waals surface area contributed by atoms with Gasteiger partial charge in [0.2, 0.25) is 5.91 Å². The van der Waals surface area contributed by atoms with Crippen LogP contribution in [0.2, 0.25) is 5.02 Å². The Labute approximate surface area is 161 Å². The molecule has 1 aromatic rings. The highest BCUT2D eigenvalue weighted by Gasteiger charge is 2.44. The van der Waals surface area contributed by atoms with Crippen LogP contribution in [0.4, 0.5) is 0 Å². The zero-order chi connectivity index (χ0) is 18.0. The minimum atomic E-state index is 0.188. The van der Waals surface area contributed by atoms with E-state index in [9.17, 15) is 4.79 Å². The third kappa shape index (κ3) is 4.24. The molecule has 3 heterocycles. The monoisotopic (exact) mass is 376 g/mol. The smallest absolute Gasteiger partial charge is 0.223 e. The van der Waals surface area contributed by atoms with Gasteiger partial charge in [-0.1, -0.05) is 23.7 Å². The molecule has 1 aromatic carbocycles. The third-order valence-electron chi connectivity index (χ3n) is 6.34. The maximum Gasteiger partial charge on any atom is 0.223 e. The number of hydrogen-bond donors (Lipinski definition) is 0. The van der Waals surface area contributed by atoms with Crippen molar-refractivity contribution in [1.29, 1.82) is 0 Å². The lowest BCUT2D eigenvalue weighted by atomic mass is 9.77. The molecule has 1 amide bonds. The predicted molar refractivity (Wildman–Crippen MR) is 103 cm³/mol. The summed E-state index contributed by atoms with van der Waals surface area (Å²) >= 11 is 5.96. The summed E-state index contributed by atoms with van der Waals surface area (Å²) in [4.78, 5) is 17.2. The van der Waals surface area contributed by atoms with Crippen molar-refractivity contribution in [2.45, 2.75) is 51.2 Å². The van der Waals surface area contributed by atoms with Crippen LogP contribution in [-0.2, 0) is 16.1 Å². The Morgan fingerprint density at radius 1 is 1.15 bits per heavy atom. The summed E-state index contributed by atoms with van der Waals surface area (Å²) < 4.78 is 5.89. The average molecular weight is 377 g/mol. The van der Waals surface area contributed by atoms with Crippen molar-refractivity contribution >= 4 is 17.5 Å². The largest absolute Gasteiger partial charge is 0.377 e. The van der Waals surface area contributed by atoms with Crippen LogP contribution in [0, 0.1) is 5.41 Å². The molecule has 3 aliphatic rings. The summed E-state index contributed by atoms with van der Waals surface area (Å²) in [5.74, 6) is 0.309. The molecule has 0 saturated carbocycles. The van der Waals surface area contributed by atoms with Crippen molar-refractivity contribution in [2.24, 2.45) is 5.41 Å². The minimum absolute atomic E-state index is 0.188. The number of carbonyl (C=O) groups is 1. The van der Waals surface area contributed by atoms with Gasteiger partial charge in [-0.3, -0.25) is 4.79 Å². The standard InChI is InChI=1S/C21H29ClN2O2/c22-18-6-4-17(5-7-18)14-24-16-21(13-20(24)25)8-10-23(11-9-21)15-19-3-1-2-12-26-19/h4-7,19H,1-3,8-16H2/t19-/m1/s1. The maximum atomic E-state index is 12.6. The van der Waals surface area contributed by atoms with Gasteiger partial charge in [0, 0.05) is 37.7 Å². The summed E-state index contributed by atoms with van der Waals surface area (Å²) in [5, 5.41) is 0.743. The Balaban J connectivity index is 1.30. The van der Waals surface area contributed by atoms with Crippen molar-refractivity contribution in [2.75, 3.05) is 32.8 Å². The molecule has 0 bridgehead atoms. The van der Waals surface area contributed by atoms with Gasteiger partial charge in [0.25, 0.3) is 0 Å². The Morgan fingerprint density at radius 3 is 2.62 bits per heavy atom. The second-order valence-corrected chi connectivity index (χ2v) is 8.78. The molecule has 26 heavy (non-hydrogen) atoms. The van der Waals surface area contributed by atoms with Crippen molar-refractivity contribution in [3.05, 3.63) is 34.9 Å². The average Bonchev–Trinajstić information content (AvgIpc) is 2.95. The Bertz CT molecular complexity index is 619. The van der Waals surface area contributed by atoms with Crippen LogP contribution < -0.4 is 0 Å². The Kier molecular flexibility index (Phi) is 5.53. The molecule has 3 saturated heterocycles. The second-order valence-electron chi connectivity index (χ2n) is 8.34. The van der Waals surface area contributed by atoms with E-state index in [4.69, 9.17) is 16.3 Å². The van der Waals surface area contributed by atoms with E-state index in [1.165, 1.54) is 19.3 Å². The molecule has 3 fully saturated rings. The number of hydrogen-bond acceptors (Lipinski definition) is 3. The highest BCUT2D eigenvalue weighted by molar-refractivity contribution is 6.30. The SMILES string of the molecule is O=C1CC2(CCN(C[C@H]3CCCCO3)CC2)CN1Cc1ccc(Cl)cc1. The summed E-state index contributed by atoms with van der Waals surface area (Å²) in [7, 11) is 0. The first-order chi connectivity index (χ1) is 12.6. The first kappa shape index (κ1) is 18.3. The van der Waals surface area contributed by atoms with Gasteiger partial charge in [-0.25, -0.2) is 0 Å². The van der Waals surface area contributed by atoms with Gasteiger partial charge in [0.05, 0.1) is 6.10 Å². The molecule has 0 unspecified atom stereocenters. The molecular weight excluding hydrogens is 348 g/mol. The van der Waals surface area contributed by atoms with Crippen LogP contribution in [0.25, 0.3) is 0 Å². The molecule has 4 rings (SSSR count). The number of benzene rings is 1. The molecule has 4 nitrogen and oxygen atoms in total. The predicted octanol–water partition coefficient (Wildman–Crippen LogP) is 3.72. The van der Waals surface area contributed by atoms with Gasteiger partial charge in [-0.2, -0.15) is 0 Å².